The Morgan fingerprint density at radius 3 is 2.14 bits per heavy atom. The molecule has 1 atom stereocenters. The molecule has 0 aromatic heterocycles. The summed E-state index contributed by atoms with van der Waals surface area (Å²) in [6.07, 6.45) is 0. The molecular weight excluding hydrogens is 328 g/mol. The molecule has 1 aromatic rings. The minimum absolute atomic E-state index is 0.575. The first-order chi connectivity index (χ1) is 9.46. The highest BCUT2D eigenvalue weighted by Crippen LogP contribution is 2.25. The maximum Gasteiger partial charge on any atom is 0.341 e. The quantitative estimate of drug-likeness (QED) is 0.514. The van der Waals surface area contributed by atoms with Crippen LogP contribution in [0.4, 0.5) is 5.69 Å². The van der Waals surface area contributed by atoms with Gasteiger partial charge in [-0.05, 0) is 18.2 Å². The normalized spacial score (nSPS) is 13.2. The monoisotopic (exact) mass is 336 g/mol. The SMILES string of the molecule is N#CC(Nc1cc(S(=O)(=O)O)ccc1S(=O)(=O)O)C(=O)O. The molecule has 0 bridgehead atoms. The van der Waals surface area contributed by atoms with Crippen LogP contribution in [0.1, 0.15) is 0 Å². The van der Waals surface area contributed by atoms with Crippen molar-refractivity contribution in [1.82, 2.24) is 0 Å². The fourth-order valence-electron chi connectivity index (χ4n) is 1.31. The Labute approximate surface area is 119 Å². The number of nitrogens with one attached hydrogen (secondary N) is 1. The van der Waals surface area contributed by atoms with E-state index in [9.17, 15) is 21.6 Å². The minimum atomic E-state index is -4.82. The fraction of sp³-hybridized carbons (Fsp3) is 0.111. The summed E-state index contributed by atoms with van der Waals surface area (Å²) in [5.74, 6) is -1.66. The van der Waals surface area contributed by atoms with Crippen LogP contribution in [0.3, 0.4) is 0 Å². The second-order valence-corrected chi connectivity index (χ2v) is 6.46. The maximum atomic E-state index is 11.1. The summed E-state index contributed by atoms with van der Waals surface area (Å²) in [5.41, 5.74) is -0.665. The summed E-state index contributed by atoms with van der Waals surface area (Å²) in [6, 6.07) is 1.28. The van der Waals surface area contributed by atoms with Crippen LogP contribution in [0, 0.1) is 11.3 Å². The summed E-state index contributed by atoms with van der Waals surface area (Å²) >= 11 is 0. The molecule has 0 heterocycles. The molecule has 0 aliphatic carbocycles. The van der Waals surface area contributed by atoms with E-state index in [0.717, 1.165) is 0 Å². The molecule has 0 spiro atoms. The molecule has 1 aromatic carbocycles. The molecule has 0 fully saturated rings. The van der Waals surface area contributed by atoms with E-state index in [1.54, 1.807) is 0 Å². The number of carbonyl (C=O) groups is 1. The van der Waals surface area contributed by atoms with Gasteiger partial charge in [0.25, 0.3) is 20.2 Å². The largest absolute Gasteiger partial charge is 0.479 e. The highest BCUT2D eigenvalue weighted by molar-refractivity contribution is 7.86. The van der Waals surface area contributed by atoms with Gasteiger partial charge in [0.05, 0.1) is 16.7 Å². The van der Waals surface area contributed by atoms with E-state index in [1.807, 2.05) is 5.32 Å². The van der Waals surface area contributed by atoms with Crippen LogP contribution in [0.25, 0.3) is 0 Å². The lowest BCUT2D eigenvalue weighted by Gasteiger charge is -2.13. The Bertz CT molecular complexity index is 822. The summed E-state index contributed by atoms with van der Waals surface area (Å²) in [6.45, 7) is 0. The van der Waals surface area contributed by atoms with Crippen molar-refractivity contribution in [2.75, 3.05) is 5.32 Å². The molecule has 0 aliphatic rings. The Morgan fingerprint density at radius 2 is 1.76 bits per heavy atom. The summed E-state index contributed by atoms with van der Waals surface area (Å²) in [7, 11) is -9.51. The predicted molar refractivity (Wildman–Crippen MR) is 66.7 cm³/mol. The lowest BCUT2D eigenvalue weighted by Crippen LogP contribution is -2.28. The minimum Gasteiger partial charge on any atom is -0.479 e. The van der Waals surface area contributed by atoms with Gasteiger partial charge in [0.15, 0.2) is 0 Å². The average molecular weight is 336 g/mol. The Kier molecular flexibility index (Phi) is 4.54. The van der Waals surface area contributed by atoms with Gasteiger partial charge in [0.2, 0.25) is 6.04 Å². The van der Waals surface area contributed by atoms with Gasteiger partial charge in [-0.1, -0.05) is 0 Å². The Morgan fingerprint density at radius 1 is 1.19 bits per heavy atom. The number of anilines is 1. The van der Waals surface area contributed by atoms with Crippen molar-refractivity contribution in [3.8, 4) is 6.07 Å². The van der Waals surface area contributed by atoms with E-state index in [2.05, 4.69) is 0 Å². The fourth-order valence-corrected chi connectivity index (χ4v) is 2.45. The smallest absolute Gasteiger partial charge is 0.341 e. The van der Waals surface area contributed by atoms with Crippen molar-refractivity contribution < 1.29 is 35.8 Å². The number of nitriles is 1. The number of hydrogen-bond acceptors (Lipinski definition) is 7. The first-order valence-electron chi connectivity index (χ1n) is 4.95. The van der Waals surface area contributed by atoms with Gasteiger partial charge in [-0.3, -0.25) is 9.11 Å². The summed E-state index contributed by atoms with van der Waals surface area (Å²) < 4.78 is 62.0. The molecule has 0 saturated heterocycles. The summed E-state index contributed by atoms with van der Waals surface area (Å²) in [5, 5.41) is 19.2. The standard InChI is InChI=1S/C9H8N2O8S2/c10-4-7(9(12)13)11-6-3-5(20(14,15)16)1-2-8(6)21(17,18)19/h1-3,7,11H,(H,12,13)(H,14,15,16)(H,17,18,19). The lowest BCUT2D eigenvalue weighted by atomic mass is 10.2. The van der Waals surface area contributed by atoms with E-state index in [4.69, 9.17) is 19.5 Å². The summed E-state index contributed by atoms with van der Waals surface area (Å²) in [4.78, 5) is 9.11. The van der Waals surface area contributed by atoms with E-state index in [0.29, 0.717) is 18.2 Å². The topological polar surface area (TPSA) is 182 Å². The molecular formula is C9H8N2O8S2. The van der Waals surface area contributed by atoms with Crippen LogP contribution in [0.15, 0.2) is 28.0 Å². The molecule has 21 heavy (non-hydrogen) atoms. The first kappa shape index (κ1) is 16.9. The van der Waals surface area contributed by atoms with E-state index < -0.39 is 47.7 Å². The van der Waals surface area contributed by atoms with Gasteiger partial charge < -0.3 is 10.4 Å². The van der Waals surface area contributed by atoms with Gasteiger partial charge in [-0.2, -0.15) is 22.1 Å². The third-order valence-electron chi connectivity index (χ3n) is 2.20. The predicted octanol–water partition coefficient (Wildman–Crippen LogP) is -0.431. The van der Waals surface area contributed by atoms with Crippen molar-refractivity contribution in [1.29, 1.82) is 5.26 Å². The molecule has 114 valence electrons. The van der Waals surface area contributed by atoms with E-state index in [1.165, 1.54) is 6.07 Å². The third kappa shape index (κ3) is 4.13. The maximum absolute atomic E-state index is 11.1. The zero-order valence-electron chi connectivity index (χ0n) is 9.96. The van der Waals surface area contributed by atoms with Crippen molar-refractivity contribution in [2.45, 2.75) is 15.8 Å². The molecule has 0 radical (unpaired) electrons. The Hall–Kier alpha value is -2.20. The van der Waals surface area contributed by atoms with Gasteiger partial charge in [-0.25, -0.2) is 4.79 Å². The van der Waals surface area contributed by atoms with Gasteiger partial charge in [0.1, 0.15) is 4.90 Å². The van der Waals surface area contributed by atoms with Gasteiger partial charge >= 0.3 is 5.97 Å². The molecule has 1 rings (SSSR count). The van der Waals surface area contributed by atoms with Crippen molar-refractivity contribution in [2.24, 2.45) is 0 Å². The van der Waals surface area contributed by atoms with E-state index >= 15 is 0 Å². The Balaban J connectivity index is 3.51. The number of hydrogen-bond donors (Lipinski definition) is 4. The number of rotatable bonds is 5. The number of aliphatic carboxylic acids is 1. The number of benzene rings is 1. The zero-order valence-corrected chi connectivity index (χ0v) is 11.6. The second kappa shape index (κ2) is 5.66. The first-order valence-corrected chi connectivity index (χ1v) is 7.83. The number of carboxylic acids is 1. The molecule has 0 amide bonds. The van der Waals surface area contributed by atoms with Crippen LogP contribution in [-0.4, -0.2) is 43.1 Å². The van der Waals surface area contributed by atoms with Crippen LogP contribution < -0.4 is 5.32 Å². The lowest BCUT2D eigenvalue weighted by molar-refractivity contribution is -0.136. The van der Waals surface area contributed by atoms with Gasteiger partial charge in [-0.15, -0.1) is 0 Å². The van der Waals surface area contributed by atoms with Crippen LogP contribution in [-0.2, 0) is 25.0 Å². The second-order valence-electron chi connectivity index (χ2n) is 3.65. The highest BCUT2D eigenvalue weighted by Gasteiger charge is 2.24. The van der Waals surface area contributed by atoms with Crippen molar-refractivity contribution in [3.05, 3.63) is 18.2 Å². The molecule has 0 saturated carbocycles. The molecule has 0 aliphatic heterocycles. The molecule has 12 heteroatoms. The molecule has 4 N–H and O–H groups in total. The van der Waals surface area contributed by atoms with Crippen molar-refractivity contribution in [3.63, 3.8) is 0 Å². The molecule has 10 nitrogen and oxygen atoms in total. The average Bonchev–Trinajstić information content (AvgIpc) is 2.32. The number of nitrogens with zero attached hydrogens (tertiary/aromatic N) is 1. The number of carboxylic acid groups (broad SMARTS) is 1. The van der Waals surface area contributed by atoms with Crippen molar-refractivity contribution >= 4 is 31.9 Å². The van der Waals surface area contributed by atoms with Gasteiger partial charge in [0, 0.05) is 0 Å². The highest BCUT2D eigenvalue weighted by atomic mass is 32.2. The van der Waals surface area contributed by atoms with Crippen LogP contribution >= 0.6 is 0 Å². The molecule has 1 unspecified atom stereocenters. The van der Waals surface area contributed by atoms with Crippen LogP contribution in [0.2, 0.25) is 0 Å². The third-order valence-corrected chi connectivity index (χ3v) is 3.96. The van der Waals surface area contributed by atoms with E-state index in [-0.39, 0.29) is 0 Å². The van der Waals surface area contributed by atoms with Crippen LogP contribution in [0.5, 0.6) is 0 Å². The zero-order chi connectivity index (χ0) is 16.4.